The Kier molecular flexibility index (Phi) is 5.20. The maximum Gasteiger partial charge on any atom is 0.255 e. The molecule has 1 heterocycles. The van der Waals surface area contributed by atoms with Gasteiger partial charge in [0.05, 0.1) is 11.1 Å². The second-order valence-electron chi connectivity index (χ2n) is 4.61. The minimum absolute atomic E-state index is 0.0276. The van der Waals surface area contributed by atoms with Crippen LogP contribution in [0.15, 0.2) is 41.0 Å². The van der Waals surface area contributed by atoms with Crippen molar-refractivity contribution in [3.05, 3.63) is 51.6 Å². The molecule has 0 saturated heterocycles. The van der Waals surface area contributed by atoms with E-state index < -0.39 is 0 Å². The quantitative estimate of drug-likeness (QED) is 0.861. The molecule has 21 heavy (non-hydrogen) atoms. The average Bonchev–Trinajstić information content (AvgIpc) is 2.43. The fraction of sp³-hybridized carbons (Fsp3) is 0.200. The van der Waals surface area contributed by atoms with Gasteiger partial charge in [-0.1, -0.05) is 11.6 Å². The Labute approximate surface area is 136 Å². The van der Waals surface area contributed by atoms with E-state index in [1.54, 1.807) is 36.5 Å². The molecule has 0 aliphatic heterocycles. The van der Waals surface area contributed by atoms with E-state index in [1.165, 1.54) is 0 Å². The number of hydrogen-bond donors (Lipinski definition) is 1. The van der Waals surface area contributed by atoms with E-state index in [1.807, 2.05) is 13.8 Å². The summed E-state index contributed by atoms with van der Waals surface area (Å²) in [5.41, 5.74) is 1.02. The molecule has 0 spiro atoms. The van der Waals surface area contributed by atoms with Crippen molar-refractivity contribution in [1.29, 1.82) is 0 Å². The number of amides is 1. The first-order valence-corrected chi connectivity index (χ1v) is 7.52. The van der Waals surface area contributed by atoms with Crippen molar-refractivity contribution >= 4 is 39.1 Å². The van der Waals surface area contributed by atoms with Crippen molar-refractivity contribution < 1.29 is 9.53 Å². The van der Waals surface area contributed by atoms with Gasteiger partial charge in [0.1, 0.15) is 5.69 Å². The third-order valence-corrected chi connectivity index (χ3v) is 3.76. The lowest BCUT2D eigenvalue weighted by Gasteiger charge is -2.13. The number of benzene rings is 1. The number of carbonyl (C=O) groups is 1. The third kappa shape index (κ3) is 4.19. The van der Waals surface area contributed by atoms with Crippen LogP contribution in [-0.2, 0) is 0 Å². The van der Waals surface area contributed by atoms with Crippen molar-refractivity contribution in [2.75, 3.05) is 5.32 Å². The molecule has 0 aliphatic rings. The number of halogens is 2. The molecule has 0 radical (unpaired) electrons. The molecular formula is C15H14BrClN2O2. The highest BCUT2D eigenvalue weighted by molar-refractivity contribution is 9.10. The molecule has 2 aromatic rings. The summed E-state index contributed by atoms with van der Waals surface area (Å²) in [6, 6.07) is 8.46. The highest BCUT2D eigenvalue weighted by Gasteiger charge is 2.12. The molecule has 0 unspecified atom stereocenters. The monoisotopic (exact) mass is 368 g/mol. The van der Waals surface area contributed by atoms with E-state index in [9.17, 15) is 4.79 Å². The number of nitrogens with zero attached hydrogens (tertiary/aromatic N) is 1. The summed E-state index contributed by atoms with van der Waals surface area (Å²) in [7, 11) is 0. The van der Waals surface area contributed by atoms with Crippen LogP contribution >= 0.6 is 27.5 Å². The van der Waals surface area contributed by atoms with Gasteiger partial charge in [0.15, 0.2) is 0 Å². The largest absolute Gasteiger partial charge is 0.473 e. The molecule has 6 heteroatoms. The zero-order chi connectivity index (χ0) is 15.4. The first kappa shape index (κ1) is 15.8. The van der Waals surface area contributed by atoms with Crippen LogP contribution in [0, 0.1) is 0 Å². The number of anilines is 1. The van der Waals surface area contributed by atoms with E-state index in [-0.39, 0.29) is 12.0 Å². The first-order valence-electron chi connectivity index (χ1n) is 6.35. The maximum atomic E-state index is 12.3. The summed E-state index contributed by atoms with van der Waals surface area (Å²) in [6.45, 7) is 3.80. The second kappa shape index (κ2) is 6.91. The zero-order valence-electron chi connectivity index (χ0n) is 11.6. The van der Waals surface area contributed by atoms with Crippen LogP contribution in [0.25, 0.3) is 0 Å². The minimum atomic E-state index is -0.256. The lowest BCUT2D eigenvalue weighted by atomic mass is 10.2. The lowest BCUT2D eigenvalue weighted by molar-refractivity contribution is 0.102. The molecule has 0 saturated carbocycles. The van der Waals surface area contributed by atoms with Gasteiger partial charge >= 0.3 is 0 Å². The number of rotatable bonds is 4. The van der Waals surface area contributed by atoms with Crippen molar-refractivity contribution in [1.82, 2.24) is 4.98 Å². The fourth-order valence-corrected chi connectivity index (χ4v) is 2.13. The summed E-state index contributed by atoms with van der Waals surface area (Å²) in [5.74, 6) is 0.142. The summed E-state index contributed by atoms with van der Waals surface area (Å²) >= 11 is 9.22. The van der Waals surface area contributed by atoms with E-state index in [0.29, 0.717) is 26.6 Å². The van der Waals surface area contributed by atoms with Gasteiger partial charge in [-0.3, -0.25) is 4.79 Å². The van der Waals surface area contributed by atoms with Gasteiger partial charge in [-0.2, -0.15) is 0 Å². The van der Waals surface area contributed by atoms with Crippen LogP contribution in [0.1, 0.15) is 24.2 Å². The number of pyridine rings is 1. The zero-order valence-corrected chi connectivity index (χ0v) is 13.9. The summed E-state index contributed by atoms with van der Waals surface area (Å²) in [6.07, 6.45) is 1.59. The van der Waals surface area contributed by atoms with Gasteiger partial charge < -0.3 is 10.1 Å². The molecular weight excluding hydrogens is 356 g/mol. The van der Waals surface area contributed by atoms with Crippen LogP contribution in [-0.4, -0.2) is 17.0 Å². The number of ether oxygens (including phenoxy) is 1. The van der Waals surface area contributed by atoms with E-state index >= 15 is 0 Å². The normalized spacial score (nSPS) is 10.5. The average molecular weight is 370 g/mol. The van der Waals surface area contributed by atoms with Gasteiger partial charge in [-0.05, 0) is 60.1 Å². The standard InChI is InChI=1S/C15H14BrClN2O2/c1-9(2)21-15-13(4-3-7-18-15)19-14(20)10-5-6-12(17)11(16)8-10/h3-9H,1-2H3,(H,19,20). The van der Waals surface area contributed by atoms with Crippen LogP contribution in [0.4, 0.5) is 5.69 Å². The summed E-state index contributed by atoms with van der Waals surface area (Å²) in [5, 5.41) is 3.34. The maximum absolute atomic E-state index is 12.3. The first-order chi connectivity index (χ1) is 9.97. The Balaban J connectivity index is 2.21. The molecule has 1 amide bonds. The number of nitrogens with one attached hydrogen (secondary N) is 1. The highest BCUT2D eigenvalue weighted by atomic mass is 79.9. The van der Waals surface area contributed by atoms with Crippen molar-refractivity contribution in [3.63, 3.8) is 0 Å². The van der Waals surface area contributed by atoms with Crippen LogP contribution < -0.4 is 10.1 Å². The molecule has 1 aromatic carbocycles. The van der Waals surface area contributed by atoms with Gasteiger partial charge in [0.2, 0.25) is 5.88 Å². The molecule has 0 fully saturated rings. The topological polar surface area (TPSA) is 51.2 Å². The number of hydrogen-bond acceptors (Lipinski definition) is 3. The molecule has 110 valence electrons. The Morgan fingerprint density at radius 1 is 1.38 bits per heavy atom. The van der Waals surface area contributed by atoms with Gasteiger partial charge in [-0.15, -0.1) is 0 Å². The SMILES string of the molecule is CC(C)Oc1ncccc1NC(=O)c1ccc(Cl)c(Br)c1. The van der Waals surface area contributed by atoms with Crippen LogP contribution in [0.3, 0.4) is 0 Å². The van der Waals surface area contributed by atoms with E-state index in [4.69, 9.17) is 16.3 Å². The molecule has 0 aliphatic carbocycles. The van der Waals surface area contributed by atoms with Gasteiger partial charge in [0.25, 0.3) is 5.91 Å². The molecule has 4 nitrogen and oxygen atoms in total. The van der Waals surface area contributed by atoms with E-state index in [2.05, 4.69) is 26.2 Å². The summed E-state index contributed by atoms with van der Waals surface area (Å²) in [4.78, 5) is 16.4. The van der Waals surface area contributed by atoms with Crippen LogP contribution in [0.5, 0.6) is 5.88 Å². The van der Waals surface area contributed by atoms with Gasteiger partial charge in [0, 0.05) is 16.2 Å². The van der Waals surface area contributed by atoms with Crippen LogP contribution in [0.2, 0.25) is 5.02 Å². The molecule has 0 bridgehead atoms. The third-order valence-electron chi connectivity index (χ3n) is 2.55. The molecule has 1 aromatic heterocycles. The van der Waals surface area contributed by atoms with Crippen molar-refractivity contribution in [3.8, 4) is 5.88 Å². The smallest absolute Gasteiger partial charge is 0.255 e. The number of aromatic nitrogens is 1. The van der Waals surface area contributed by atoms with Gasteiger partial charge in [-0.25, -0.2) is 4.98 Å². The summed E-state index contributed by atoms with van der Waals surface area (Å²) < 4.78 is 6.24. The number of carbonyl (C=O) groups excluding carboxylic acids is 1. The Bertz CT molecular complexity index is 662. The van der Waals surface area contributed by atoms with Crippen molar-refractivity contribution in [2.45, 2.75) is 20.0 Å². The molecule has 0 atom stereocenters. The minimum Gasteiger partial charge on any atom is -0.473 e. The Morgan fingerprint density at radius 3 is 2.81 bits per heavy atom. The predicted molar refractivity (Wildman–Crippen MR) is 87.1 cm³/mol. The lowest BCUT2D eigenvalue weighted by Crippen LogP contribution is -2.15. The molecule has 2 rings (SSSR count). The Morgan fingerprint density at radius 2 is 2.14 bits per heavy atom. The van der Waals surface area contributed by atoms with Crippen molar-refractivity contribution in [2.24, 2.45) is 0 Å². The Hall–Kier alpha value is -1.59. The second-order valence-corrected chi connectivity index (χ2v) is 5.87. The fourth-order valence-electron chi connectivity index (χ4n) is 1.63. The molecule has 1 N–H and O–H groups in total. The highest BCUT2D eigenvalue weighted by Crippen LogP contribution is 2.25. The predicted octanol–water partition coefficient (Wildman–Crippen LogP) is 4.54. The van der Waals surface area contributed by atoms with E-state index in [0.717, 1.165) is 0 Å².